The van der Waals surface area contributed by atoms with Gasteiger partial charge in [-0.1, -0.05) is 0 Å². The predicted octanol–water partition coefficient (Wildman–Crippen LogP) is 4.72. The summed E-state index contributed by atoms with van der Waals surface area (Å²) in [5.74, 6) is 1.20. The van der Waals surface area contributed by atoms with Crippen molar-refractivity contribution in [3.05, 3.63) is 58.2 Å². The third kappa shape index (κ3) is 3.21. The average Bonchev–Trinajstić information content (AvgIpc) is 3.32. The maximum absolute atomic E-state index is 6.12. The fourth-order valence-corrected chi connectivity index (χ4v) is 3.33. The van der Waals surface area contributed by atoms with E-state index in [4.69, 9.17) is 16.6 Å². The number of pyridine rings is 2. The van der Waals surface area contributed by atoms with E-state index < -0.39 is 0 Å². The highest BCUT2D eigenvalue weighted by molar-refractivity contribution is 9.10. The molecule has 4 rings (SSSR count). The number of imidazole rings is 1. The first-order valence-corrected chi connectivity index (χ1v) is 8.97. The lowest BCUT2D eigenvalue weighted by Crippen LogP contribution is -1.99. The van der Waals surface area contributed by atoms with Crippen LogP contribution in [0.5, 0.6) is 0 Å². The van der Waals surface area contributed by atoms with Crippen LogP contribution >= 0.6 is 27.5 Å². The first kappa shape index (κ1) is 15.0. The summed E-state index contributed by atoms with van der Waals surface area (Å²) in [6.07, 6.45) is 8.62. The third-order valence-electron chi connectivity index (χ3n) is 4.09. The Morgan fingerprint density at radius 3 is 2.91 bits per heavy atom. The second-order valence-corrected chi connectivity index (χ2v) is 6.97. The van der Waals surface area contributed by atoms with Crippen LogP contribution in [0.2, 0.25) is 0 Å². The second-order valence-electron chi connectivity index (χ2n) is 5.89. The molecule has 0 aromatic carbocycles. The van der Waals surface area contributed by atoms with Crippen LogP contribution in [0, 0.1) is 0 Å². The summed E-state index contributed by atoms with van der Waals surface area (Å²) in [6, 6.07) is 6.10. The van der Waals surface area contributed by atoms with E-state index in [2.05, 4.69) is 49.1 Å². The van der Waals surface area contributed by atoms with Crippen LogP contribution in [0.25, 0.3) is 5.65 Å². The molecule has 6 heteroatoms. The molecule has 1 N–H and O–H groups in total. The Balaban J connectivity index is 1.60. The number of nitrogens with one attached hydrogen (secondary N) is 1. The molecule has 3 aromatic heterocycles. The minimum Gasteiger partial charge on any atom is -0.379 e. The van der Waals surface area contributed by atoms with E-state index >= 15 is 0 Å². The number of anilines is 1. The standard InChI is InChI=1S/C17H16BrClN4/c18-16-6-14(3-4-20-16)21-8-15-10-23-9-13(11-1-2-11)5-12(7-19)17(23)22-15/h3-6,9-11H,1-2,7-8H2,(H,20,21). The van der Waals surface area contributed by atoms with Crippen LogP contribution in [0.3, 0.4) is 0 Å². The van der Waals surface area contributed by atoms with Crippen molar-refractivity contribution in [2.45, 2.75) is 31.2 Å². The summed E-state index contributed by atoms with van der Waals surface area (Å²) in [7, 11) is 0. The molecule has 0 spiro atoms. The summed E-state index contributed by atoms with van der Waals surface area (Å²) < 4.78 is 2.93. The van der Waals surface area contributed by atoms with Crippen molar-refractivity contribution in [3.8, 4) is 0 Å². The smallest absolute Gasteiger partial charge is 0.141 e. The van der Waals surface area contributed by atoms with Crippen molar-refractivity contribution in [2.75, 3.05) is 5.32 Å². The number of aromatic nitrogens is 3. The van der Waals surface area contributed by atoms with Crippen LogP contribution in [0.1, 0.15) is 35.6 Å². The summed E-state index contributed by atoms with van der Waals surface area (Å²) in [5.41, 5.74) is 5.45. The van der Waals surface area contributed by atoms with Gasteiger partial charge in [0.2, 0.25) is 0 Å². The molecule has 0 unspecified atom stereocenters. The molecule has 1 aliphatic carbocycles. The van der Waals surface area contributed by atoms with Crippen molar-refractivity contribution in [1.29, 1.82) is 0 Å². The van der Waals surface area contributed by atoms with Gasteiger partial charge in [-0.2, -0.15) is 0 Å². The average molecular weight is 392 g/mol. The van der Waals surface area contributed by atoms with Crippen molar-refractivity contribution >= 4 is 38.9 Å². The SMILES string of the molecule is ClCc1cc(C2CC2)cn2cc(CNc3ccnc(Br)c3)nc12. The number of hydrogen-bond acceptors (Lipinski definition) is 3. The van der Waals surface area contributed by atoms with Crippen molar-refractivity contribution < 1.29 is 0 Å². The minimum atomic E-state index is 0.491. The van der Waals surface area contributed by atoms with Gasteiger partial charge in [-0.15, -0.1) is 11.6 Å². The lowest BCUT2D eigenvalue weighted by molar-refractivity contribution is 1.04. The summed E-state index contributed by atoms with van der Waals surface area (Å²) in [6.45, 7) is 0.665. The van der Waals surface area contributed by atoms with Crippen LogP contribution in [-0.4, -0.2) is 14.4 Å². The molecular weight excluding hydrogens is 376 g/mol. The molecule has 0 amide bonds. The first-order chi connectivity index (χ1) is 11.2. The number of rotatable bonds is 5. The van der Waals surface area contributed by atoms with Gasteiger partial charge in [0.25, 0.3) is 0 Å². The maximum Gasteiger partial charge on any atom is 0.141 e. The molecule has 118 valence electrons. The van der Waals surface area contributed by atoms with E-state index in [1.807, 2.05) is 12.1 Å². The number of nitrogens with zero attached hydrogens (tertiary/aromatic N) is 3. The Hall–Kier alpha value is -1.59. The third-order valence-corrected chi connectivity index (χ3v) is 4.81. The van der Waals surface area contributed by atoms with Crippen molar-refractivity contribution in [1.82, 2.24) is 14.4 Å². The van der Waals surface area contributed by atoms with Gasteiger partial charge in [0.05, 0.1) is 18.1 Å². The zero-order valence-corrected chi connectivity index (χ0v) is 14.8. The summed E-state index contributed by atoms with van der Waals surface area (Å²) >= 11 is 9.50. The number of halogens is 2. The Labute approximate surface area is 148 Å². The van der Waals surface area contributed by atoms with Gasteiger partial charge in [-0.25, -0.2) is 9.97 Å². The van der Waals surface area contributed by atoms with Crippen LogP contribution in [0.4, 0.5) is 5.69 Å². The van der Waals surface area contributed by atoms with Gasteiger partial charge in [0, 0.05) is 29.8 Å². The minimum absolute atomic E-state index is 0.491. The van der Waals surface area contributed by atoms with Gasteiger partial charge in [0.1, 0.15) is 10.3 Å². The zero-order chi connectivity index (χ0) is 15.8. The van der Waals surface area contributed by atoms with Gasteiger partial charge in [-0.3, -0.25) is 0 Å². The Bertz CT molecular complexity index is 857. The fourth-order valence-electron chi connectivity index (χ4n) is 2.77. The topological polar surface area (TPSA) is 42.2 Å². The summed E-state index contributed by atoms with van der Waals surface area (Å²) in [5, 5.41) is 3.37. The molecule has 0 radical (unpaired) electrons. The molecule has 0 aliphatic heterocycles. The highest BCUT2D eigenvalue weighted by Gasteiger charge is 2.24. The van der Waals surface area contributed by atoms with E-state index in [0.29, 0.717) is 18.3 Å². The van der Waals surface area contributed by atoms with E-state index in [-0.39, 0.29) is 0 Å². The molecule has 0 bridgehead atoms. The number of alkyl halides is 1. The Morgan fingerprint density at radius 1 is 1.30 bits per heavy atom. The van der Waals surface area contributed by atoms with E-state index in [0.717, 1.165) is 27.2 Å². The largest absolute Gasteiger partial charge is 0.379 e. The number of fused-ring (bicyclic) bond motifs is 1. The maximum atomic E-state index is 6.12. The molecule has 1 fully saturated rings. The monoisotopic (exact) mass is 390 g/mol. The normalized spacial score (nSPS) is 14.3. The second kappa shape index (κ2) is 6.13. The Morgan fingerprint density at radius 2 is 2.17 bits per heavy atom. The molecule has 1 saturated carbocycles. The molecule has 3 heterocycles. The predicted molar refractivity (Wildman–Crippen MR) is 96.0 cm³/mol. The Kier molecular flexibility index (Phi) is 3.99. The summed E-state index contributed by atoms with van der Waals surface area (Å²) in [4.78, 5) is 8.86. The molecule has 0 saturated heterocycles. The lowest BCUT2D eigenvalue weighted by Gasteiger charge is -2.04. The number of hydrogen-bond donors (Lipinski definition) is 1. The van der Waals surface area contributed by atoms with Crippen molar-refractivity contribution in [3.63, 3.8) is 0 Å². The molecule has 23 heavy (non-hydrogen) atoms. The first-order valence-electron chi connectivity index (χ1n) is 7.65. The van der Waals surface area contributed by atoms with Crippen LogP contribution in [0.15, 0.2) is 41.4 Å². The zero-order valence-electron chi connectivity index (χ0n) is 12.5. The van der Waals surface area contributed by atoms with E-state index in [1.165, 1.54) is 18.4 Å². The highest BCUT2D eigenvalue weighted by atomic mass is 79.9. The molecule has 4 nitrogen and oxygen atoms in total. The fraction of sp³-hybridized carbons (Fsp3) is 0.294. The van der Waals surface area contributed by atoms with Crippen LogP contribution in [-0.2, 0) is 12.4 Å². The van der Waals surface area contributed by atoms with Gasteiger partial charge in [-0.05, 0) is 58.5 Å². The van der Waals surface area contributed by atoms with Crippen molar-refractivity contribution in [2.24, 2.45) is 0 Å². The lowest BCUT2D eigenvalue weighted by atomic mass is 10.1. The molecule has 3 aromatic rings. The molecule has 0 atom stereocenters. The molecule has 1 aliphatic rings. The highest BCUT2D eigenvalue weighted by Crippen LogP contribution is 2.40. The quantitative estimate of drug-likeness (QED) is 0.505. The van der Waals surface area contributed by atoms with Gasteiger partial charge < -0.3 is 9.72 Å². The van der Waals surface area contributed by atoms with Gasteiger partial charge in [0.15, 0.2) is 0 Å². The van der Waals surface area contributed by atoms with E-state index in [9.17, 15) is 0 Å². The molecular formula is C17H16BrClN4. The van der Waals surface area contributed by atoms with Gasteiger partial charge >= 0.3 is 0 Å². The van der Waals surface area contributed by atoms with Crippen LogP contribution < -0.4 is 5.32 Å². The van der Waals surface area contributed by atoms with E-state index in [1.54, 1.807) is 6.20 Å².